The molecule has 1 fully saturated rings. The maximum atomic E-state index is 13.1. The molecule has 0 unspecified atom stereocenters. The Hall–Kier alpha value is -2.43. The van der Waals surface area contributed by atoms with Crippen LogP contribution in [0.25, 0.3) is 22.4 Å². The van der Waals surface area contributed by atoms with Gasteiger partial charge < -0.3 is 9.88 Å². The largest absolute Gasteiger partial charge is 0.356 e. The lowest BCUT2D eigenvalue weighted by Crippen LogP contribution is -2.30. The first kappa shape index (κ1) is 13.2. The third-order valence-electron chi connectivity index (χ3n) is 4.15. The molecular formula is C17H17FN4. The number of piperidine rings is 1. The number of nitrogens with one attached hydrogen (secondary N) is 1. The van der Waals surface area contributed by atoms with E-state index in [0.717, 1.165) is 35.5 Å². The van der Waals surface area contributed by atoms with E-state index in [2.05, 4.69) is 14.9 Å². The molecule has 1 aromatic carbocycles. The lowest BCUT2D eigenvalue weighted by molar-refractivity contribution is 0.575. The minimum absolute atomic E-state index is 0.249. The molecule has 112 valence electrons. The molecule has 1 N–H and O–H groups in total. The zero-order valence-electron chi connectivity index (χ0n) is 12.2. The summed E-state index contributed by atoms with van der Waals surface area (Å²) in [6.07, 6.45) is 5.56. The molecule has 3 heterocycles. The summed E-state index contributed by atoms with van der Waals surface area (Å²) in [5.74, 6) is 1.36. The molecule has 4 nitrogen and oxygen atoms in total. The molecule has 1 aliphatic heterocycles. The van der Waals surface area contributed by atoms with E-state index in [1.165, 1.54) is 31.4 Å². The summed E-state index contributed by atoms with van der Waals surface area (Å²) in [4.78, 5) is 14.8. The first-order chi connectivity index (χ1) is 10.8. The Bertz CT molecular complexity index is 788. The van der Waals surface area contributed by atoms with Gasteiger partial charge in [-0.05, 0) is 49.6 Å². The molecule has 0 radical (unpaired) electrons. The molecule has 22 heavy (non-hydrogen) atoms. The van der Waals surface area contributed by atoms with Gasteiger partial charge in [-0.25, -0.2) is 14.4 Å². The molecule has 0 bridgehead atoms. The van der Waals surface area contributed by atoms with Crippen molar-refractivity contribution in [3.8, 4) is 11.4 Å². The van der Waals surface area contributed by atoms with Crippen molar-refractivity contribution in [1.29, 1.82) is 0 Å². The SMILES string of the molecule is Fc1ccc(-c2nc(N3CCCCC3)c3cc[nH]c3n2)cc1. The van der Waals surface area contributed by atoms with E-state index in [9.17, 15) is 4.39 Å². The zero-order valence-corrected chi connectivity index (χ0v) is 12.2. The van der Waals surface area contributed by atoms with E-state index in [1.54, 1.807) is 12.1 Å². The molecular weight excluding hydrogens is 279 g/mol. The van der Waals surface area contributed by atoms with Crippen LogP contribution >= 0.6 is 0 Å². The van der Waals surface area contributed by atoms with E-state index in [4.69, 9.17) is 4.98 Å². The highest BCUT2D eigenvalue weighted by atomic mass is 19.1. The number of aromatic nitrogens is 3. The van der Waals surface area contributed by atoms with Crippen LogP contribution in [0.5, 0.6) is 0 Å². The van der Waals surface area contributed by atoms with E-state index in [1.807, 2.05) is 12.3 Å². The number of benzene rings is 1. The fourth-order valence-corrected chi connectivity index (χ4v) is 3.00. The molecule has 0 atom stereocenters. The van der Waals surface area contributed by atoms with Crippen LogP contribution < -0.4 is 4.90 Å². The summed E-state index contributed by atoms with van der Waals surface area (Å²) in [5, 5.41) is 1.05. The third-order valence-corrected chi connectivity index (χ3v) is 4.15. The van der Waals surface area contributed by atoms with Gasteiger partial charge in [0.1, 0.15) is 17.3 Å². The average molecular weight is 296 g/mol. The van der Waals surface area contributed by atoms with Gasteiger partial charge in [0, 0.05) is 24.8 Å². The number of rotatable bonds is 2. The monoisotopic (exact) mass is 296 g/mol. The van der Waals surface area contributed by atoms with Crippen molar-refractivity contribution in [2.75, 3.05) is 18.0 Å². The molecule has 0 aliphatic carbocycles. The Morgan fingerprint density at radius 1 is 0.955 bits per heavy atom. The van der Waals surface area contributed by atoms with Gasteiger partial charge in [-0.3, -0.25) is 0 Å². The van der Waals surface area contributed by atoms with Crippen LogP contribution in [0.15, 0.2) is 36.5 Å². The van der Waals surface area contributed by atoms with Crippen LogP contribution in [-0.2, 0) is 0 Å². The number of hydrogen-bond acceptors (Lipinski definition) is 3. The minimum atomic E-state index is -0.249. The quantitative estimate of drug-likeness (QED) is 0.783. The summed E-state index contributed by atoms with van der Waals surface area (Å²) in [6.45, 7) is 2.06. The van der Waals surface area contributed by atoms with Crippen molar-refractivity contribution >= 4 is 16.9 Å². The van der Waals surface area contributed by atoms with Crippen molar-refractivity contribution in [2.24, 2.45) is 0 Å². The number of aromatic amines is 1. The highest BCUT2D eigenvalue weighted by Gasteiger charge is 2.18. The Morgan fingerprint density at radius 3 is 2.50 bits per heavy atom. The van der Waals surface area contributed by atoms with E-state index in [0.29, 0.717) is 5.82 Å². The molecule has 1 aliphatic rings. The van der Waals surface area contributed by atoms with Crippen molar-refractivity contribution in [1.82, 2.24) is 15.0 Å². The van der Waals surface area contributed by atoms with Gasteiger partial charge in [0.25, 0.3) is 0 Å². The third kappa shape index (κ3) is 2.32. The number of H-pyrrole nitrogens is 1. The van der Waals surface area contributed by atoms with Gasteiger partial charge in [0.05, 0.1) is 5.39 Å². The smallest absolute Gasteiger partial charge is 0.163 e. The zero-order chi connectivity index (χ0) is 14.9. The number of hydrogen-bond donors (Lipinski definition) is 1. The summed E-state index contributed by atoms with van der Waals surface area (Å²) >= 11 is 0. The first-order valence-corrected chi connectivity index (χ1v) is 7.67. The molecule has 4 rings (SSSR count). The topological polar surface area (TPSA) is 44.8 Å². The molecule has 2 aromatic heterocycles. The first-order valence-electron chi connectivity index (χ1n) is 7.67. The Balaban J connectivity index is 1.84. The van der Waals surface area contributed by atoms with Gasteiger partial charge >= 0.3 is 0 Å². The van der Waals surface area contributed by atoms with Gasteiger partial charge in [-0.2, -0.15) is 0 Å². The second-order valence-corrected chi connectivity index (χ2v) is 5.67. The molecule has 0 spiro atoms. The predicted octanol–water partition coefficient (Wildman–Crippen LogP) is 3.75. The summed E-state index contributed by atoms with van der Waals surface area (Å²) in [5.41, 5.74) is 1.66. The molecule has 5 heteroatoms. The van der Waals surface area contributed by atoms with Gasteiger partial charge in [-0.15, -0.1) is 0 Å². The fourth-order valence-electron chi connectivity index (χ4n) is 3.00. The normalized spacial score (nSPS) is 15.4. The number of nitrogens with zero attached hydrogens (tertiary/aromatic N) is 3. The Kier molecular flexibility index (Phi) is 3.25. The van der Waals surface area contributed by atoms with Crippen LogP contribution in [0.2, 0.25) is 0 Å². The van der Waals surface area contributed by atoms with E-state index < -0.39 is 0 Å². The van der Waals surface area contributed by atoms with E-state index in [-0.39, 0.29) is 5.82 Å². The van der Waals surface area contributed by atoms with Crippen molar-refractivity contribution < 1.29 is 4.39 Å². The second-order valence-electron chi connectivity index (χ2n) is 5.67. The molecule has 0 saturated carbocycles. The van der Waals surface area contributed by atoms with Crippen molar-refractivity contribution in [3.05, 3.63) is 42.3 Å². The molecule has 1 saturated heterocycles. The van der Waals surface area contributed by atoms with Gasteiger partial charge in [0.15, 0.2) is 5.82 Å². The molecule has 3 aromatic rings. The number of fused-ring (bicyclic) bond motifs is 1. The standard InChI is InChI=1S/C17H17FN4/c18-13-6-4-12(5-7-13)15-20-16-14(8-9-19-16)17(21-15)22-10-2-1-3-11-22/h4-9H,1-3,10-11H2,(H,19,20,21). The van der Waals surface area contributed by atoms with Gasteiger partial charge in [-0.1, -0.05) is 0 Å². The fraction of sp³-hybridized carbons (Fsp3) is 0.294. The average Bonchev–Trinajstić information content (AvgIpc) is 3.04. The highest BCUT2D eigenvalue weighted by Crippen LogP contribution is 2.28. The highest BCUT2D eigenvalue weighted by molar-refractivity contribution is 5.89. The van der Waals surface area contributed by atoms with Crippen molar-refractivity contribution in [3.63, 3.8) is 0 Å². The predicted molar refractivity (Wildman–Crippen MR) is 85.3 cm³/mol. The number of anilines is 1. The lowest BCUT2D eigenvalue weighted by Gasteiger charge is -2.28. The van der Waals surface area contributed by atoms with Crippen LogP contribution in [0.3, 0.4) is 0 Å². The van der Waals surface area contributed by atoms with Crippen LogP contribution in [0.1, 0.15) is 19.3 Å². The van der Waals surface area contributed by atoms with Crippen LogP contribution in [0.4, 0.5) is 10.2 Å². The summed E-state index contributed by atoms with van der Waals surface area (Å²) in [6, 6.07) is 8.35. The summed E-state index contributed by atoms with van der Waals surface area (Å²) in [7, 11) is 0. The number of halogens is 1. The van der Waals surface area contributed by atoms with Crippen LogP contribution in [0, 0.1) is 5.82 Å². The maximum Gasteiger partial charge on any atom is 0.163 e. The van der Waals surface area contributed by atoms with Crippen molar-refractivity contribution in [2.45, 2.75) is 19.3 Å². The molecule has 0 amide bonds. The second kappa shape index (κ2) is 5.40. The Morgan fingerprint density at radius 2 is 1.73 bits per heavy atom. The lowest BCUT2D eigenvalue weighted by atomic mass is 10.1. The maximum absolute atomic E-state index is 13.1. The van der Waals surface area contributed by atoms with E-state index >= 15 is 0 Å². The Labute approximate surface area is 128 Å². The van der Waals surface area contributed by atoms with Crippen LogP contribution in [-0.4, -0.2) is 28.0 Å². The van der Waals surface area contributed by atoms with Gasteiger partial charge in [0.2, 0.25) is 0 Å². The minimum Gasteiger partial charge on any atom is -0.356 e. The summed E-state index contributed by atoms with van der Waals surface area (Å²) < 4.78 is 13.1.